The number of benzene rings is 1. The van der Waals surface area contributed by atoms with E-state index < -0.39 is 0 Å². The molecule has 4 rings (SSSR count). The Bertz CT molecular complexity index is 629. The fourth-order valence-corrected chi connectivity index (χ4v) is 4.40. The van der Waals surface area contributed by atoms with E-state index in [-0.39, 0.29) is 5.37 Å². The Hall–Kier alpha value is -1.44. The van der Waals surface area contributed by atoms with Gasteiger partial charge in [-0.25, -0.2) is 0 Å². The molecule has 0 spiro atoms. The highest BCUT2D eigenvalue weighted by molar-refractivity contribution is 8.14. The van der Waals surface area contributed by atoms with Crippen molar-refractivity contribution in [3.8, 4) is 5.75 Å². The van der Waals surface area contributed by atoms with Crippen molar-refractivity contribution in [2.75, 3.05) is 39.3 Å². The fourth-order valence-electron chi connectivity index (χ4n) is 3.51. The van der Waals surface area contributed by atoms with Crippen molar-refractivity contribution in [1.29, 1.82) is 0 Å². The van der Waals surface area contributed by atoms with Crippen molar-refractivity contribution in [2.24, 2.45) is 10.8 Å². The van der Waals surface area contributed by atoms with E-state index in [0.717, 1.165) is 50.1 Å². The molecule has 3 heterocycles. The van der Waals surface area contributed by atoms with Crippen LogP contribution in [0.4, 0.5) is 0 Å². The highest BCUT2D eigenvalue weighted by Crippen LogP contribution is 2.31. The van der Waals surface area contributed by atoms with Crippen molar-refractivity contribution in [3.63, 3.8) is 0 Å². The number of hydrogen-bond acceptors (Lipinski definition) is 7. The van der Waals surface area contributed by atoms with E-state index in [9.17, 15) is 0 Å². The summed E-state index contributed by atoms with van der Waals surface area (Å²) >= 11 is 1.74. The lowest BCUT2D eigenvalue weighted by molar-refractivity contribution is 0.142. The molecular weight excluding hydrogens is 322 g/mol. The zero-order valence-electron chi connectivity index (χ0n) is 14.1. The smallest absolute Gasteiger partial charge is 0.185 e. The van der Waals surface area contributed by atoms with Gasteiger partial charge in [-0.3, -0.25) is 10.3 Å². The second kappa shape index (κ2) is 6.82. The lowest BCUT2D eigenvalue weighted by atomic mass is 10.0. The van der Waals surface area contributed by atoms with Crippen LogP contribution in [0.25, 0.3) is 0 Å². The van der Waals surface area contributed by atoms with Crippen LogP contribution in [0.5, 0.6) is 5.75 Å². The van der Waals surface area contributed by atoms with E-state index in [4.69, 9.17) is 10.5 Å². The molecule has 1 aromatic rings. The van der Waals surface area contributed by atoms with Crippen LogP contribution in [0.2, 0.25) is 0 Å². The summed E-state index contributed by atoms with van der Waals surface area (Å²) < 4.78 is 5.72. The van der Waals surface area contributed by atoms with E-state index >= 15 is 0 Å². The summed E-state index contributed by atoms with van der Waals surface area (Å²) in [6.07, 6.45) is 1.04. The number of nitrogens with two attached hydrogens (primary N) is 1. The summed E-state index contributed by atoms with van der Waals surface area (Å²) in [5.74, 6) is 1.08. The van der Waals surface area contributed by atoms with Gasteiger partial charge in [0.05, 0.1) is 6.61 Å². The number of ether oxygens (including phenoxy) is 1. The van der Waals surface area contributed by atoms with Crippen LogP contribution >= 0.6 is 11.8 Å². The molecule has 3 aliphatic heterocycles. The summed E-state index contributed by atoms with van der Waals surface area (Å²) in [5, 5.41) is 5.73. The molecule has 1 aromatic carbocycles. The number of hydrazone groups is 1. The average Bonchev–Trinajstić information content (AvgIpc) is 3.29. The van der Waals surface area contributed by atoms with E-state index in [0.29, 0.717) is 12.6 Å². The molecule has 24 heavy (non-hydrogen) atoms. The molecular formula is C17H25N5OS. The van der Waals surface area contributed by atoms with Gasteiger partial charge in [-0.1, -0.05) is 23.9 Å². The van der Waals surface area contributed by atoms with E-state index in [1.165, 1.54) is 11.1 Å². The molecule has 2 unspecified atom stereocenters. The van der Waals surface area contributed by atoms with Gasteiger partial charge in [0, 0.05) is 45.2 Å². The Morgan fingerprint density at radius 3 is 2.96 bits per heavy atom. The first-order chi connectivity index (χ1) is 11.7. The predicted molar refractivity (Wildman–Crippen MR) is 98.2 cm³/mol. The monoisotopic (exact) mass is 347 g/mol. The van der Waals surface area contributed by atoms with E-state index in [1.54, 1.807) is 11.8 Å². The van der Waals surface area contributed by atoms with Gasteiger partial charge in [-0.15, -0.1) is 0 Å². The summed E-state index contributed by atoms with van der Waals surface area (Å²) in [5.41, 5.74) is 11.5. The summed E-state index contributed by atoms with van der Waals surface area (Å²) in [7, 11) is 0. The van der Waals surface area contributed by atoms with Crippen LogP contribution in [0, 0.1) is 0 Å². The number of thioether (sulfide) groups is 1. The lowest BCUT2D eigenvalue weighted by Gasteiger charge is -2.38. The maximum absolute atomic E-state index is 5.72. The molecule has 3 aliphatic rings. The van der Waals surface area contributed by atoms with E-state index in [1.807, 2.05) is 0 Å². The Morgan fingerprint density at radius 2 is 2.21 bits per heavy atom. The molecule has 0 amide bonds. The third kappa shape index (κ3) is 3.08. The van der Waals surface area contributed by atoms with Gasteiger partial charge in [0.25, 0.3) is 0 Å². The SMILES string of the molecule is CC(c1ccc2c(c1)OCC2)N1CCN(C2=NNC(CN)S2)CC1. The highest BCUT2D eigenvalue weighted by atomic mass is 32.2. The zero-order chi connectivity index (χ0) is 16.5. The van der Waals surface area contributed by atoms with Gasteiger partial charge in [-0.2, -0.15) is 5.10 Å². The van der Waals surface area contributed by atoms with E-state index in [2.05, 4.69) is 45.4 Å². The van der Waals surface area contributed by atoms with Crippen LogP contribution in [-0.2, 0) is 6.42 Å². The van der Waals surface area contributed by atoms with Gasteiger partial charge in [-0.05, 0) is 24.1 Å². The van der Waals surface area contributed by atoms with Gasteiger partial charge in [0.2, 0.25) is 0 Å². The van der Waals surface area contributed by atoms with Crippen molar-refractivity contribution in [1.82, 2.24) is 15.2 Å². The Balaban J connectivity index is 1.35. The molecule has 2 atom stereocenters. The number of fused-ring (bicyclic) bond motifs is 1. The van der Waals surface area contributed by atoms with Crippen LogP contribution in [0.1, 0.15) is 24.1 Å². The Kier molecular flexibility index (Phi) is 4.56. The minimum absolute atomic E-state index is 0.225. The van der Waals surface area contributed by atoms with Gasteiger partial charge in [0.15, 0.2) is 5.17 Å². The van der Waals surface area contributed by atoms with Crippen LogP contribution < -0.4 is 15.9 Å². The topological polar surface area (TPSA) is 66.1 Å². The maximum Gasteiger partial charge on any atom is 0.185 e. The minimum atomic E-state index is 0.225. The average molecular weight is 347 g/mol. The number of rotatable bonds is 3. The first kappa shape index (κ1) is 16.1. The lowest BCUT2D eigenvalue weighted by Crippen LogP contribution is -2.48. The largest absolute Gasteiger partial charge is 0.493 e. The third-order valence-electron chi connectivity index (χ3n) is 5.10. The minimum Gasteiger partial charge on any atom is -0.493 e. The van der Waals surface area contributed by atoms with Crippen molar-refractivity contribution < 1.29 is 4.74 Å². The molecule has 0 bridgehead atoms. The first-order valence-corrected chi connectivity index (χ1v) is 9.57. The van der Waals surface area contributed by atoms with Crippen molar-refractivity contribution in [2.45, 2.75) is 24.8 Å². The molecule has 0 aliphatic carbocycles. The van der Waals surface area contributed by atoms with Crippen molar-refractivity contribution in [3.05, 3.63) is 29.3 Å². The first-order valence-electron chi connectivity index (χ1n) is 8.69. The molecule has 3 N–H and O–H groups in total. The summed E-state index contributed by atoms with van der Waals surface area (Å²) in [6.45, 7) is 7.84. The second-order valence-electron chi connectivity index (χ2n) is 6.53. The maximum atomic E-state index is 5.72. The van der Waals surface area contributed by atoms with Crippen LogP contribution in [-0.4, -0.2) is 59.7 Å². The fraction of sp³-hybridized carbons (Fsp3) is 0.588. The number of nitrogens with one attached hydrogen (secondary N) is 1. The van der Waals surface area contributed by atoms with Crippen LogP contribution in [0.15, 0.2) is 23.3 Å². The highest BCUT2D eigenvalue weighted by Gasteiger charge is 2.28. The number of amidine groups is 1. The number of piperazine rings is 1. The number of hydrogen-bond donors (Lipinski definition) is 2. The predicted octanol–water partition coefficient (Wildman–Crippen LogP) is 1.19. The standard InChI is InChI=1S/C17H25N5OS/c1-12(14-3-2-13-4-9-23-15(13)10-14)21-5-7-22(8-6-21)17-20-19-16(11-18)24-17/h2-3,10,12,16,19H,4-9,11,18H2,1H3. The molecule has 0 radical (unpaired) electrons. The van der Waals surface area contributed by atoms with Crippen LogP contribution in [0.3, 0.4) is 0 Å². The van der Waals surface area contributed by atoms with Gasteiger partial charge < -0.3 is 15.4 Å². The summed E-state index contributed by atoms with van der Waals surface area (Å²) in [4.78, 5) is 4.91. The second-order valence-corrected chi connectivity index (χ2v) is 7.70. The molecule has 0 saturated carbocycles. The number of nitrogens with zero attached hydrogens (tertiary/aromatic N) is 3. The van der Waals surface area contributed by atoms with Gasteiger partial charge >= 0.3 is 0 Å². The third-order valence-corrected chi connectivity index (χ3v) is 6.24. The van der Waals surface area contributed by atoms with Gasteiger partial charge in [0.1, 0.15) is 11.1 Å². The molecule has 0 aromatic heterocycles. The Labute approximate surface area is 147 Å². The quantitative estimate of drug-likeness (QED) is 0.856. The molecule has 1 fully saturated rings. The normalized spacial score (nSPS) is 25.0. The Morgan fingerprint density at radius 1 is 1.38 bits per heavy atom. The molecule has 1 saturated heterocycles. The zero-order valence-corrected chi connectivity index (χ0v) is 14.9. The molecule has 7 heteroatoms. The van der Waals surface area contributed by atoms with Crippen molar-refractivity contribution >= 4 is 16.9 Å². The molecule has 6 nitrogen and oxygen atoms in total. The summed E-state index contributed by atoms with van der Waals surface area (Å²) in [6, 6.07) is 7.13. The molecule has 130 valence electrons.